The number of nitriles is 1. The van der Waals surface area contributed by atoms with E-state index < -0.39 is 10.0 Å². The molecule has 1 aromatic heterocycles. The van der Waals surface area contributed by atoms with Crippen LogP contribution in [0, 0.1) is 11.3 Å². The molecule has 0 aromatic carbocycles. The highest BCUT2D eigenvalue weighted by atomic mass is 32.2. The van der Waals surface area contributed by atoms with Crippen molar-refractivity contribution in [2.24, 2.45) is 0 Å². The van der Waals surface area contributed by atoms with Crippen LogP contribution >= 0.6 is 0 Å². The number of anilines is 1. The van der Waals surface area contributed by atoms with Gasteiger partial charge in [0, 0.05) is 26.3 Å². The maximum absolute atomic E-state index is 11.7. The zero-order chi connectivity index (χ0) is 14.8. The molecule has 20 heavy (non-hydrogen) atoms. The fourth-order valence-electron chi connectivity index (χ4n) is 2.17. The normalized spacial score (nSPS) is 14.1. The van der Waals surface area contributed by atoms with Gasteiger partial charge in [-0.25, -0.2) is 17.7 Å². The van der Waals surface area contributed by atoms with E-state index in [2.05, 4.69) is 16.4 Å². The fourth-order valence-corrected chi connectivity index (χ4v) is 2.90. The van der Waals surface area contributed by atoms with Gasteiger partial charge in [-0.3, -0.25) is 0 Å². The van der Waals surface area contributed by atoms with Crippen molar-refractivity contribution < 1.29 is 8.42 Å². The molecule has 7 heteroatoms. The summed E-state index contributed by atoms with van der Waals surface area (Å²) in [4.78, 5) is 4.45. The molecule has 1 aliphatic rings. The van der Waals surface area contributed by atoms with Crippen molar-refractivity contribution in [2.75, 3.05) is 31.7 Å². The molecule has 0 amide bonds. The Morgan fingerprint density at radius 3 is 2.85 bits per heavy atom. The second-order valence-electron chi connectivity index (χ2n) is 4.98. The third-order valence-corrected chi connectivity index (χ3v) is 5.21. The molecule has 0 saturated heterocycles. The molecule has 0 unspecified atom stereocenters. The van der Waals surface area contributed by atoms with E-state index in [1.54, 1.807) is 0 Å². The maximum Gasteiger partial charge on any atom is 0.215 e. The predicted molar refractivity (Wildman–Crippen MR) is 76.9 cm³/mol. The SMILES string of the molecule is CN(C)S(=O)(=O)CCNc1nc2c(cc1C#N)CCC2. The van der Waals surface area contributed by atoms with E-state index >= 15 is 0 Å². The third kappa shape index (κ3) is 3.08. The Bertz CT molecular complexity index is 647. The quantitative estimate of drug-likeness (QED) is 0.866. The molecular formula is C13H18N4O2S. The lowest BCUT2D eigenvalue weighted by Crippen LogP contribution is -2.28. The van der Waals surface area contributed by atoms with Gasteiger partial charge in [0.2, 0.25) is 10.0 Å². The van der Waals surface area contributed by atoms with Gasteiger partial charge < -0.3 is 5.32 Å². The van der Waals surface area contributed by atoms with Crippen LogP contribution in [-0.4, -0.2) is 44.1 Å². The maximum atomic E-state index is 11.7. The molecule has 0 atom stereocenters. The van der Waals surface area contributed by atoms with Gasteiger partial charge in [0.1, 0.15) is 11.9 Å². The Labute approximate surface area is 119 Å². The number of rotatable bonds is 5. The summed E-state index contributed by atoms with van der Waals surface area (Å²) in [5.41, 5.74) is 2.63. The Balaban J connectivity index is 2.09. The van der Waals surface area contributed by atoms with Gasteiger partial charge in [-0.15, -0.1) is 0 Å². The summed E-state index contributed by atoms with van der Waals surface area (Å²) in [5, 5.41) is 12.1. The minimum Gasteiger partial charge on any atom is -0.368 e. The lowest BCUT2D eigenvalue weighted by molar-refractivity contribution is 0.521. The van der Waals surface area contributed by atoms with E-state index in [1.165, 1.54) is 18.4 Å². The monoisotopic (exact) mass is 294 g/mol. The Kier molecular flexibility index (Phi) is 4.26. The molecular weight excluding hydrogens is 276 g/mol. The number of pyridine rings is 1. The number of nitrogens with zero attached hydrogens (tertiary/aromatic N) is 3. The number of nitrogens with one attached hydrogen (secondary N) is 1. The van der Waals surface area contributed by atoms with E-state index in [0.29, 0.717) is 11.4 Å². The van der Waals surface area contributed by atoms with Crippen LogP contribution in [0.2, 0.25) is 0 Å². The number of fused-ring (bicyclic) bond motifs is 1. The summed E-state index contributed by atoms with van der Waals surface area (Å²) in [6, 6.07) is 3.97. The Morgan fingerprint density at radius 1 is 1.45 bits per heavy atom. The second kappa shape index (κ2) is 5.77. The summed E-state index contributed by atoms with van der Waals surface area (Å²) < 4.78 is 24.5. The number of hydrogen-bond acceptors (Lipinski definition) is 5. The van der Waals surface area contributed by atoms with E-state index in [4.69, 9.17) is 5.26 Å². The molecule has 108 valence electrons. The summed E-state index contributed by atoms with van der Waals surface area (Å²) in [6.45, 7) is 0.237. The van der Waals surface area contributed by atoms with Gasteiger partial charge in [-0.05, 0) is 30.9 Å². The molecule has 1 aliphatic carbocycles. The highest BCUT2D eigenvalue weighted by molar-refractivity contribution is 7.89. The lowest BCUT2D eigenvalue weighted by Gasteiger charge is -2.13. The molecule has 1 N–H and O–H groups in total. The third-order valence-electron chi connectivity index (χ3n) is 3.38. The van der Waals surface area contributed by atoms with Gasteiger partial charge in [-0.1, -0.05) is 0 Å². The average molecular weight is 294 g/mol. The largest absolute Gasteiger partial charge is 0.368 e. The van der Waals surface area contributed by atoms with Crippen molar-refractivity contribution >= 4 is 15.8 Å². The van der Waals surface area contributed by atoms with Gasteiger partial charge in [0.05, 0.1) is 11.3 Å². The van der Waals surface area contributed by atoms with E-state index in [-0.39, 0.29) is 12.3 Å². The molecule has 6 nitrogen and oxygen atoms in total. The van der Waals surface area contributed by atoms with Gasteiger partial charge in [0.25, 0.3) is 0 Å². The molecule has 1 aromatic rings. The predicted octanol–water partition coefficient (Wildman–Crippen LogP) is 0.745. The van der Waals surface area contributed by atoms with Crippen molar-refractivity contribution in [1.29, 1.82) is 5.26 Å². The first-order valence-corrected chi connectivity index (χ1v) is 8.12. The molecule has 0 radical (unpaired) electrons. The zero-order valence-electron chi connectivity index (χ0n) is 11.7. The van der Waals surface area contributed by atoms with Crippen LogP contribution < -0.4 is 5.32 Å². The average Bonchev–Trinajstić information content (AvgIpc) is 2.84. The minimum absolute atomic E-state index is 0.0242. The molecule has 0 spiro atoms. The van der Waals surface area contributed by atoms with Crippen LogP contribution in [-0.2, 0) is 22.9 Å². The number of aryl methyl sites for hydroxylation is 2. The van der Waals surface area contributed by atoms with Crippen molar-refractivity contribution in [1.82, 2.24) is 9.29 Å². The van der Waals surface area contributed by atoms with Crippen molar-refractivity contribution in [3.05, 3.63) is 22.9 Å². The van der Waals surface area contributed by atoms with Crippen LogP contribution in [0.15, 0.2) is 6.07 Å². The second-order valence-corrected chi connectivity index (χ2v) is 7.28. The molecule has 2 rings (SSSR count). The molecule has 0 saturated carbocycles. The van der Waals surface area contributed by atoms with Crippen LogP contribution in [0.25, 0.3) is 0 Å². The first-order valence-electron chi connectivity index (χ1n) is 6.51. The Morgan fingerprint density at radius 2 is 2.20 bits per heavy atom. The summed E-state index contributed by atoms with van der Waals surface area (Å²) >= 11 is 0. The van der Waals surface area contributed by atoms with Gasteiger partial charge >= 0.3 is 0 Å². The standard InChI is InChI=1S/C13H18N4O2S/c1-17(2)20(18,19)7-6-15-13-11(9-14)8-10-4-3-5-12(10)16-13/h8H,3-7H2,1-2H3,(H,15,16). The van der Waals surface area contributed by atoms with Gasteiger partial charge in [0.15, 0.2) is 0 Å². The van der Waals surface area contributed by atoms with Crippen molar-refractivity contribution in [3.8, 4) is 6.07 Å². The van der Waals surface area contributed by atoms with Crippen molar-refractivity contribution in [3.63, 3.8) is 0 Å². The lowest BCUT2D eigenvalue weighted by atomic mass is 10.1. The van der Waals surface area contributed by atoms with Crippen LogP contribution in [0.3, 0.4) is 0 Å². The smallest absolute Gasteiger partial charge is 0.215 e. The summed E-state index contributed by atoms with van der Waals surface area (Å²) in [7, 11) is -0.232. The molecule has 1 heterocycles. The topological polar surface area (TPSA) is 86.1 Å². The number of aromatic nitrogens is 1. The number of sulfonamides is 1. The van der Waals surface area contributed by atoms with Crippen LogP contribution in [0.5, 0.6) is 0 Å². The summed E-state index contributed by atoms with van der Waals surface area (Å²) in [5.74, 6) is 0.464. The summed E-state index contributed by atoms with van der Waals surface area (Å²) in [6.07, 6.45) is 2.95. The zero-order valence-corrected chi connectivity index (χ0v) is 12.5. The molecule has 0 fully saturated rings. The Hall–Kier alpha value is -1.65. The van der Waals surface area contributed by atoms with Crippen LogP contribution in [0.1, 0.15) is 23.2 Å². The number of hydrogen-bond donors (Lipinski definition) is 1. The van der Waals surface area contributed by atoms with E-state index in [1.807, 2.05) is 6.07 Å². The first kappa shape index (κ1) is 14.8. The fraction of sp³-hybridized carbons (Fsp3) is 0.538. The minimum atomic E-state index is -3.24. The van der Waals surface area contributed by atoms with E-state index in [0.717, 1.165) is 30.5 Å². The molecule has 0 bridgehead atoms. The van der Waals surface area contributed by atoms with Gasteiger partial charge in [-0.2, -0.15) is 5.26 Å². The highest BCUT2D eigenvalue weighted by Gasteiger charge is 2.17. The highest BCUT2D eigenvalue weighted by Crippen LogP contribution is 2.24. The van der Waals surface area contributed by atoms with E-state index in [9.17, 15) is 8.42 Å². The first-order chi connectivity index (χ1) is 9.44. The van der Waals surface area contributed by atoms with Crippen molar-refractivity contribution in [2.45, 2.75) is 19.3 Å². The van der Waals surface area contributed by atoms with Crippen LogP contribution in [0.4, 0.5) is 5.82 Å². The molecule has 0 aliphatic heterocycles.